The van der Waals surface area contributed by atoms with Crippen LogP contribution >= 0.6 is 0 Å². The first-order chi connectivity index (χ1) is 6.93. The fraction of sp³-hybridized carbons (Fsp3) is 1.00. The Bertz CT molecular complexity index is 240. The van der Waals surface area contributed by atoms with Gasteiger partial charge in [0.25, 0.3) is 0 Å². The number of methoxy groups -OCH3 is 1. The number of alkyl halides is 3. The van der Waals surface area contributed by atoms with Crippen molar-refractivity contribution in [2.24, 2.45) is 0 Å². The van der Waals surface area contributed by atoms with Crippen LogP contribution in [0.2, 0.25) is 0 Å². The maximum absolute atomic E-state index is 12.7. The average Bonchev–Trinajstić information content (AvgIpc) is 2.13. The summed E-state index contributed by atoms with van der Waals surface area (Å²) >= 11 is 0. The predicted molar refractivity (Wildman–Crippen MR) is 46.6 cm³/mol. The Labute approximate surface area is 85.9 Å². The van der Waals surface area contributed by atoms with Crippen molar-refractivity contribution in [3.63, 3.8) is 0 Å². The van der Waals surface area contributed by atoms with Gasteiger partial charge in [-0.25, -0.2) is 0 Å². The van der Waals surface area contributed by atoms with Crippen LogP contribution in [0, 0.1) is 0 Å². The molecule has 0 bridgehead atoms. The van der Waals surface area contributed by atoms with E-state index in [0.29, 0.717) is 19.8 Å². The Balaban J connectivity index is 2.05. The second-order valence-corrected chi connectivity index (χ2v) is 4.31. The Morgan fingerprint density at radius 2 is 2.00 bits per heavy atom. The summed E-state index contributed by atoms with van der Waals surface area (Å²) in [7, 11) is 1.12. The summed E-state index contributed by atoms with van der Waals surface area (Å²) < 4.78 is 47.9. The van der Waals surface area contributed by atoms with Crippen LogP contribution in [0.25, 0.3) is 0 Å². The molecule has 2 rings (SSSR count). The van der Waals surface area contributed by atoms with Gasteiger partial charge < -0.3 is 14.8 Å². The van der Waals surface area contributed by atoms with Crippen LogP contribution in [0.15, 0.2) is 0 Å². The number of nitrogens with one attached hydrogen (secondary N) is 1. The molecule has 1 saturated heterocycles. The fourth-order valence-electron chi connectivity index (χ4n) is 2.44. The normalized spacial score (nSPS) is 41.6. The molecule has 1 heterocycles. The maximum Gasteiger partial charge on any atom is 0.417 e. The number of hydrogen-bond acceptors (Lipinski definition) is 3. The van der Waals surface area contributed by atoms with Gasteiger partial charge in [-0.15, -0.1) is 0 Å². The molecule has 0 atom stereocenters. The summed E-state index contributed by atoms with van der Waals surface area (Å²) in [4.78, 5) is 0. The summed E-state index contributed by atoms with van der Waals surface area (Å²) in [5.41, 5.74) is -2.50. The number of morpholine rings is 1. The molecule has 88 valence electrons. The Morgan fingerprint density at radius 1 is 1.33 bits per heavy atom. The minimum Gasteiger partial charge on any atom is -0.378 e. The van der Waals surface area contributed by atoms with Crippen LogP contribution in [0.1, 0.15) is 12.8 Å². The van der Waals surface area contributed by atoms with Gasteiger partial charge in [0, 0.05) is 32.0 Å². The molecular weight excluding hydrogens is 211 g/mol. The molecule has 0 unspecified atom stereocenters. The van der Waals surface area contributed by atoms with Gasteiger partial charge in [0.15, 0.2) is 5.60 Å². The first kappa shape index (κ1) is 11.2. The van der Waals surface area contributed by atoms with Gasteiger partial charge in [-0.3, -0.25) is 0 Å². The van der Waals surface area contributed by atoms with Crippen molar-refractivity contribution in [3.05, 3.63) is 0 Å². The maximum atomic E-state index is 12.7. The first-order valence-electron chi connectivity index (χ1n) is 4.88. The Kier molecular flexibility index (Phi) is 2.48. The van der Waals surface area contributed by atoms with Gasteiger partial charge in [0.1, 0.15) is 0 Å². The highest BCUT2D eigenvalue weighted by molar-refractivity contribution is 5.15. The van der Waals surface area contributed by atoms with Crippen LogP contribution < -0.4 is 5.32 Å². The van der Waals surface area contributed by atoms with E-state index in [1.54, 1.807) is 0 Å². The molecule has 1 spiro atoms. The SMILES string of the molecule is COC1(C(F)(F)F)CC2(COCCN2)C1. The molecule has 6 heteroatoms. The summed E-state index contributed by atoms with van der Waals surface area (Å²) in [5, 5.41) is 3.09. The molecule has 1 N–H and O–H groups in total. The molecule has 1 aliphatic carbocycles. The van der Waals surface area contributed by atoms with Gasteiger partial charge in [-0.05, 0) is 0 Å². The zero-order valence-electron chi connectivity index (χ0n) is 8.49. The highest BCUT2D eigenvalue weighted by Crippen LogP contribution is 2.53. The summed E-state index contributed by atoms with van der Waals surface area (Å²) in [6.07, 6.45) is -4.41. The summed E-state index contributed by atoms with van der Waals surface area (Å²) in [5.74, 6) is 0. The lowest BCUT2D eigenvalue weighted by Gasteiger charge is -2.56. The summed E-state index contributed by atoms with van der Waals surface area (Å²) in [6.45, 7) is 1.51. The number of rotatable bonds is 1. The molecule has 0 aromatic heterocycles. The minimum absolute atomic E-state index is 0.0556. The third kappa shape index (κ3) is 1.64. The minimum atomic E-state index is -4.30. The lowest BCUT2D eigenvalue weighted by molar-refractivity contribution is -0.320. The van der Waals surface area contributed by atoms with E-state index in [1.165, 1.54) is 0 Å². The highest BCUT2D eigenvalue weighted by Gasteiger charge is 2.68. The molecular formula is C9H14F3NO2. The molecule has 0 amide bonds. The molecule has 2 fully saturated rings. The van der Waals surface area contributed by atoms with Crippen LogP contribution in [-0.4, -0.2) is 44.2 Å². The quantitative estimate of drug-likeness (QED) is 0.724. The van der Waals surface area contributed by atoms with E-state index in [-0.39, 0.29) is 12.8 Å². The van der Waals surface area contributed by atoms with E-state index in [4.69, 9.17) is 4.74 Å². The van der Waals surface area contributed by atoms with Crippen LogP contribution in [0.4, 0.5) is 13.2 Å². The Hall–Kier alpha value is -0.330. The lowest BCUT2D eigenvalue weighted by atomic mass is 9.64. The molecule has 0 aromatic rings. The zero-order valence-corrected chi connectivity index (χ0v) is 8.49. The van der Waals surface area contributed by atoms with Crippen molar-refractivity contribution < 1.29 is 22.6 Å². The van der Waals surface area contributed by atoms with Gasteiger partial charge in [-0.1, -0.05) is 0 Å². The van der Waals surface area contributed by atoms with Gasteiger partial charge in [-0.2, -0.15) is 13.2 Å². The van der Waals surface area contributed by atoms with E-state index in [1.807, 2.05) is 0 Å². The fourth-order valence-corrected chi connectivity index (χ4v) is 2.44. The number of hydrogen-bond donors (Lipinski definition) is 1. The van der Waals surface area contributed by atoms with Gasteiger partial charge >= 0.3 is 6.18 Å². The molecule has 1 saturated carbocycles. The topological polar surface area (TPSA) is 30.5 Å². The molecule has 0 aromatic carbocycles. The average molecular weight is 225 g/mol. The van der Waals surface area contributed by atoms with E-state index in [0.717, 1.165) is 7.11 Å². The molecule has 0 radical (unpaired) electrons. The van der Waals surface area contributed by atoms with Gasteiger partial charge in [0.05, 0.1) is 13.2 Å². The standard InChI is InChI=1S/C9H14F3NO2/c1-14-8(9(10,11)12)4-7(5-8)6-15-3-2-13-7/h13H,2-6H2,1H3. The van der Waals surface area contributed by atoms with Crippen LogP contribution in [0.3, 0.4) is 0 Å². The van der Waals surface area contributed by atoms with Crippen LogP contribution in [-0.2, 0) is 9.47 Å². The van der Waals surface area contributed by atoms with E-state index >= 15 is 0 Å². The third-order valence-electron chi connectivity index (χ3n) is 3.28. The number of ether oxygens (including phenoxy) is 2. The molecule has 3 nitrogen and oxygen atoms in total. The van der Waals surface area contributed by atoms with Crippen molar-refractivity contribution in [2.45, 2.75) is 30.2 Å². The van der Waals surface area contributed by atoms with Crippen molar-refractivity contribution in [1.29, 1.82) is 0 Å². The smallest absolute Gasteiger partial charge is 0.378 e. The third-order valence-corrected chi connectivity index (χ3v) is 3.28. The van der Waals surface area contributed by atoms with Crippen molar-refractivity contribution in [2.75, 3.05) is 26.9 Å². The van der Waals surface area contributed by atoms with E-state index in [9.17, 15) is 13.2 Å². The zero-order chi connectivity index (χ0) is 11.2. The lowest BCUT2D eigenvalue weighted by Crippen LogP contribution is -2.73. The number of halogens is 3. The van der Waals surface area contributed by atoms with E-state index in [2.05, 4.69) is 10.1 Å². The molecule has 2 aliphatic rings. The highest BCUT2D eigenvalue weighted by atomic mass is 19.4. The van der Waals surface area contributed by atoms with E-state index < -0.39 is 17.3 Å². The van der Waals surface area contributed by atoms with Crippen molar-refractivity contribution in [1.82, 2.24) is 5.32 Å². The first-order valence-corrected chi connectivity index (χ1v) is 4.88. The predicted octanol–water partition coefficient (Wildman–Crippen LogP) is 1.09. The van der Waals surface area contributed by atoms with Crippen molar-refractivity contribution >= 4 is 0 Å². The Morgan fingerprint density at radius 3 is 2.40 bits per heavy atom. The molecule has 1 aliphatic heterocycles. The second kappa shape index (κ2) is 3.33. The second-order valence-electron chi connectivity index (χ2n) is 4.31. The summed E-state index contributed by atoms with van der Waals surface area (Å²) in [6, 6.07) is 0. The molecule has 15 heavy (non-hydrogen) atoms. The van der Waals surface area contributed by atoms with Crippen LogP contribution in [0.5, 0.6) is 0 Å². The monoisotopic (exact) mass is 225 g/mol. The van der Waals surface area contributed by atoms with Crippen molar-refractivity contribution in [3.8, 4) is 0 Å². The largest absolute Gasteiger partial charge is 0.417 e. The van der Waals surface area contributed by atoms with Gasteiger partial charge in [0.2, 0.25) is 0 Å².